The Morgan fingerprint density at radius 1 is 1.21 bits per heavy atom. The molecule has 9 nitrogen and oxygen atoms in total. The summed E-state index contributed by atoms with van der Waals surface area (Å²) in [5.74, 6) is -1.38. The second kappa shape index (κ2) is 8.09. The number of hydrogen-bond donors (Lipinski definition) is 2. The molecule has 1 aliphatic rings. The highest BCUT2D eigenvalue weighted by Crippen LogP contribution is 2.22. The minimum Gasteiger partial charge on any atom is -0.465 e. The average molecular weight is 423 g/mol. The Labute approximate surface area is 165 Å². The third kappa shape index (κ3) is 4.21. The summed E-state index contributed by atoms with van der Waals surface area (Å²) in [5.41, 5.74) is 0.278. The number of ether oxygens (including phenoxy) is 1. The zero-order chi connectivity index (χ0) is 20.3. The highest BCUT2D eigenvalue weighted by atomic mass is 32.2. The molecule has 0 saturated carbocycles. The number of rotatable bonds is 5. The van der Waals surface area contributed by atoms with E-state index in [0.717, 1.165) is 15.6 Å². The summed E-state index contributed by atoms with van der Waals surface area (Å²) >= 11 is 0.968. The van der Waals surface area contributed by atoms with Crippen molar-refractivity contribution in [3.8, 4) is 0 Å². The lowest BCUT2D eigenvalue weighted by molar-refractivity contribution is -0.122. The Kier molecular flexibility index (Phi) is 5.77. The molecule has 2 amide bonds. The van der Waals surface area contributed by atoms with Gasteiger partial charge in [0.05, 0.1) is 23.4 Å². The topological polar surface area (TPSA) is 122 Å². The van der Waals surface area contributed by atoms with Gasteiger partial charge in [-0.1, -0.05) is 6.07 Å². The lowest BCUT2D eigenvalue weighted by Crippen LogP contribution is -2.49. The molecular formula is C17H17N3O6S2. The van der Waals surface area contributed by atoms with Gasteiger partial charge in [-0.15, -0.1) is 11.3 Å². The molecule has 1 aliphatic heterocycles. The predicted molar refractivity (Wildman–Crippen MR) is 102 cm³/mol. The monoisotopic (exact) mass is 423 g/mol. The molecule has 148 valence electrons. The quantitative estimate of drug-likeness (QED) is 0.690. The highest BCUT2D eigenvalue weighted by Gasteiger charge is 2.29. The van der Waals surface area contributed by atoms with Crippen LogP contribution in [-0.4, -0.2) is 57.3 Å². The van der Waals surface area contributed by atoms with E-state index in [2.05, 4.69) is 15.4 Å². The van der Waals surface area contributed by atoms with Gasteiger partial charge < -0.3 is 15.4 Å². The first-order chi connectivity index (χ1) is 13.3. The van der Waals surface area contributed by atoms with E-state index in [1.54, 1.807) is 6.07 Å². The van der Waals surface area contributed by atoms with Crippen LogP contribution < -0.4 is 10.6 Å². The maximum Gasteiger partial charge on any atom is 0.348 e. The van der Waals surface area contributed by atoms with Crippen LogP contribution in [0.1, 0.15) is 19.3 Å². The summed E-state index contributed by atoms with van der Waals surface area (Å²) in [4.78, 5) is 35.9. The van der Waals surface area contributed by atoms with Gasteiger partial charge in [0.2, 0.25) is 15.9 Å². The Hall–Kier alpha value is -2.76. The number of amides is 2. The van der Waals surface area contributed by atoms with Gasteiger partial charge >= 0.3 is 5.97 Å². The van der Waals surface area contributed by atoms with Crippen LogP contribution in [0.5, 0.6) is 0 Å². The van der Waals surface area contributed by atoms with E-state index in [1.165, 1.54) is 37.4 Å². The summed E-state index contributed by atoms with van der Waals surface area (Å²) in [5, 5.41) is 5.18. The SMILES string of the molecule is COC(=O)c1ccc(C(=O)Nc2cccc(S(=O)(=O)N3CCNC(=O)C3)c2)s1. The van der Waals surface area contributed by atoms with Gasteiger partial charge in [0.25, 0.3) is 5.91 Å². The second-order valence-electron chi connectivity index (χ2n) is 5.83. The summed E-state index contributed by atoms with van der Waals surface area (Å²) in [7, 11) is -2.62. The molecule has 0 atom stereocenters. The minimum absolute atomic E-state index is 0.0265. The van der Waals surface area contributed by atoms with Gasteiger partial charge in [-0.2, -0.15) is 4.31 Å². The molecule has 0 aliphatic carbocycles. The first-order valence-electron chi connectivity index (χ1n) is 8.17. The van der Waals surface area contributed by atoms with Crippen molar-refractivity contribution in [1.82, 2.24) is 9.62 Å². The van der Waals surface area contributed by atoms with Crippen LogP contribution in [0.25, 0.3) is 0 Å². The summed E-state index contributed by atoms with van der Waals surface area (Å²) in [6.45, 7) is 0.177. The number of hydrogen-bond acceptors (Lipinski definition) is 7. The molecule has 0 unspecified atom stereocenters. The lowest BCUT2D eigenvalue weighted by Gasteiger charge is -2.26. The number of benzene rings is 1. The minimum atomic E-state index is -3.87. The Morgan fingerprint density at radius 2 is 1.96 bits per heavy atom. The van der Waals surface area contributed by atoms with Gasteiger partial charge in [0.1, 0.15) is 4.88 Å². The number of nitrogens with one attached hydrogen (secondary N) is 2. The molecule has 28 heavy (non-hydrogen) atoms. The molecule has 0 bridgehead atoms. The number of carbonyl (C=O) groups is 3. The van der Waals surface area contributed by atoms with Crippen molar-refractivity contribution in [3.63, 3.8) is 0 Å². The van der Waals surface area contributed by atoms with E-state index in [4.69, 9.17) is 0 Å². The van der Waals surface area contributed by atoms with Crippen molar-refractivity contribution in [2.24, 2.45) is 0 Å². The summed E-state index contributed by atoms with van der Waals surface area (Å²) in [6, 6.07) is 8.74. The van der Waals surface area contributed by atoms with Crippen LogP contribution in [0.4, 0.5) is 5.69 Å². The smallest absolute Gasteiger partial charge is 0.348 e. The van der Waals surface area contributed by atoms with Crippen molar-refractivity contribution in [1.29, 1.82) is 0 Å². The third-order valence-corrected chi connectivity index (χ3v) is 6.85. The maximum atomic E-state index is 12.7. The van der Waals surface area contributed by atoms with Crippen molar-refractivity contribution in [3.05, 3.63) is 46.2 Å². The number of esters is 1. The fraction of sp³-hybridized carbons (Fsp3) is 0.235. The number of methoxy groups -OCH3 is 1. The fourth-order valence-electron chi connectivity index (χ4n) is 2.57. The normalized spacial score (nSPS) is 15.0. The third-order valence-electron chi connectivity index (χ3n) is 3.95. The number of sulfonamides is 1. The fourth-order valence-corrected chi connectivity index (χ4v) is 4.83. The zero-order valence-electron chi connectivity index (χ0n) is 14.8. The molecule has 1 aromatic heterocycles. The zero-order valence-corrected chi connectivity index (χ0v) is 16.4. The van der Waals surface area contributed by atoms with Crippen LogP contribution in [0, 0.1) is 0 Å². The molecule has 1 fully saturated rings. The van der Waals surface area contributed by atoms with E-state index < -0.39 is 21.9 Å². The Morgan fingerprint density at radius 3 is 2.68 bits per heavy atom. The second-order valence-corrected chi connectivity index (χ2v) is 8.85. The van der Waals surface area contributed by atoms with Crippen LogP contribution >= 0.6 is 11.3 Å². The maximum absolute atomic E-state index is 12.7. The lowest BCUT2D eigenvalue weighted by atomic mass is 10.3. The molecule has 0 spiro atoms. The van der Waals surface area contributed by atoms with Gasteiger partial charge in [-0.3, -0.25) is 9.59 Å². The van der Waals surface area contributed by atoms with E-state index in [-0.39, 0.29) is 45.9 Å². The first-order valence-corrected chi connectivity index (χ1v) is 10.4. The van der Waals surface area contributed by atoms with E-state index in [1.807, 2.05) is 0 Å². The molecule has 3 rings (SSSR count). The van der Waals surface area contributed by atoms with Crippen LogP contribution in [0.3, 0.4) is 0 Å². The van der Waals surface area contributed by atoms with Crippen LogP contribution in [-0.2, 0) is 19.6 Å². The van der Waals surface area contributed by atoms with Crippen molar-refractivity contribution >= 4 is 44.8 Å². The summed E-state index contributed by atoms with van der Waals surface area (Å²) in [6.07, 6.45) is 0. The summed E-state index contributed by atoms with van der Waals surface area (Å²) < 4.78 is 31.2. The number of nitrogens with zero attached hydrogens (tertiary/aromatic N) is 1. The molecule has 2 aromatic rings. The van der Waals surface area contributed by atoms with Gasteiger partial charge in [-0.05, 0) is 30.3 Å². The molecule has 0 radical (unpaired) electrons. The molecule has 2 N–H and O–H groups in total. The molecule has 1 aromatic carbocycles. The molecular weight excluding hydrogens is 406 g/mol. The van der Waals surface area contributed by atoms with E-state index in [9.17, 15) is 22.8 Å². The molecule has 2 heterocycles. The van der Waals surface area contributed by atoms with Crippen LogP contribution in [0.15, 0.2) is 41.3 Å². The molecule has 11 heteroatoms. The molecule has 1 saturated heterocycles. The van der Waals surface area contributed by atoms with Crippen LogP contribution in [0.2, 0.25) is 0 Å². The number of carbonyl (C=O) groups excluding carboxylic acids is 3. The largest absolute Gasteiger partial charge is 0.465 e. The van der Waals surface area contributed by atoms with Gasteiger partial charge in [0.15, 0.2) is 0 Å². The number of anilines is 1. The number of thiophene rings is 1. The Balaban J connectivity index is 1.77. The van der Waals surface area contributed by atoms with Crippen molar-refractivity contribution < 1.29 is 27.5 Å². The first kappa shape index (κ1) is 20.0. The van der Waals surface area contributed by atoms with Gasteiger partial charge in [0, 0.05) is 18.8 Å². The van der Waals surface area contributed by atoms with Gasteiger partial charge in [-0.25, -0.2) is 13.2 Å². The van der Waals surface area contributed by atoms with Crippen molar-refractivity contribution in [2.45, 2.75) is 4.90 Å². The highest BCUT2D eigenvalue weighted by molar-refractivity contribution is 7.89. The predicted octanol–water partition coefficient (Wildman–Crippen LogP) is 0.907. The van der Waals surface area contributed by atoms with Crippen molar-refractivity contribution in [2.75, 3.05) is 32.1 Å². The Bertz CT molecular complexity index is 1030. The average Bonchev–Trinajstić information content (AvgIpc) is 3.18. The standard InChI is InChI=1S/C17H17N3O6S2/c1-26-17(23)14-6-5-13(27-14)16(22)19-11-3-2-4-12(9-11)28(24,25)20-8-7-18-15(21)10-20/h2-6,9H,7-8,10H2,1H3,(H,18,21)(H,19,22). The van der Waals surface area contributed by atoms with E-state index >= 15 is 0 Å². The van der Waals surface area contributed by atoms with E-state index in [0.29, 0.717) is 0 Å². The number of piperazine rings is 1.